The van der Waals surface area contributed by atoms with Gasteiger partial charge < -0.3 is 15.6 Å². The molecular formula is C10H19NO4. The lowest BCUT2D eigenvalue weighted by atomic mass is 9.99. The lowest BCUT2D eigenvalue weighted by Crippen LogP contribution is -2.34. The average molecular weight is 217 g/mol. The van der Waals surface area contributed by atoms with Crippen LogP contribution in [0.1, 0.15) is 33.6 Å². The first-order valence-corrected chi connectivity index (χ1v) is 4.86. The van der Waals surface area contributed by atoms with Gasteiger partial charge in [-0.05, 0) is 11.8 Å². The first-order valence-electron chi connectivity index (χ1n) is 4.86. The van der Waals surface area contributed by atoms with Crippen molar-refractivity contribution in [1.29, 1.82) is 0 Å². The van der Waals surface area contributed by atoms with Crippen LogP contribution in [0.2, 0.25) is 0 Å². The summed E-state index contributed by atoms with van der Waals surface area (Å²) in [6, 6.07) is -0.844. The van der Waals surface area contributed by atoms with Crippen LogP contribution in [0.4, 0.5) is 0 Å². The van der Waals surface area contributed by atoms with Crippen LogP contribution in [0.5, 0.6) is 0 Å². The van der Waals surface area contributed by atoms with Crippen LogP contribution in [0.25, 0.3) is 0 Å². The molecule has 0 aromatic carbocycles. The number of nitrogens with two attached hydrogens (primary N) is 1. The molecule has 0 bridgehead atoms. The number of carboxylic acids is 1. The van der Waals surface area contributed by atoms with E-state index in [1.807, 2.05) is 20.8 Å². The smallest absolute Gasteiger partial charge is 0.322 e. The maximum atomic E-state index is 11.3. The summed E-state index contributed by atoms with van der Waals surface area (Å²) in [7, 11) is 0. The Labute approximate surface area is 89.6 Å². The van der Waals surface area contributed by atoms with Gasteiger partial charge in [0.2, 0.25) is 0 Å². The van der Waals surface area contributed by atoms with Crippen LogP contribution < -0.4 is 5.73 Å². The Hall–Kier alpha value is -1.10. The van der Waals surface area contributed by atoms with Gasteiger partial charge in [0.1, 0.15) is 6.04 Å². The van der Waals surface area contributed by atoms with E-state index >= 15 is 0 Å². The van der Waals surface area contributed by atoms with E-state index in [4.69, 9.17) is 15.6 Å². The Bertz CT molecular complexity index is 232. The Morgan fingerprint density at radius 1 is 1.40 bits per heavy atom. The van der Waals surface area contributed by atoms with Gasteiger partial charge in [-0.1, -0.05) is 20.8 Å². The fraction of sp³-hybridized carbons (Fsp3) is 0.800. The Kier molecular flexibility index (Phi) is 5.28. The maximum absolute atomic E-state index is 11.3. The van der Waals surface area contributed by atoms with Crippen LogP contribution in [-0.4, -0.2) is 29.7 Å². The van der Waals surface area contributed by atoms with Crippen molar-refractivity contribution < 1.29 is 19.4 Å². The molecule has 0 aromatic rings. The lowest BCUT2D eigenvalue weighted by Gasteiger charge is -2.19. The van der Waals surface area contributed by atoms with Gasteiger partial charge in [0.05, 0.1) is 6.61 Å². The van der Waals surface area contributed by atoms with Gasteiger partial charge in [0.25, 0.3) is 0 Å². The number of rotatable bonds is 5. The number of ether oxygens (including phenoxy) is 1. The minimum absolute atomic E-state index is 0.109. The van der Waals surface area contributed by atoms with E-state index in [9.17, 15) is 9.59 Å². The van der Waals surface area contributed by atoms with Crippen molar-refractivity contribution in [2.75, 3.05) is 6.61 Å². The summed E-state index contributed by atoms with van der Waals surface area (Å²) >= 11 is 0. The van der Waals surface area contributed by atoms with Crippen LogP contribution in [0.3, 0.4) is 0 Å². The molecular weight excluding hydrogens is 198 g/mol. The summed E-state index contributed by atoms with van der Waals surface area (Å²) in [5, 5.41) is 8.40. The van der Waals surface area contributed by atoms with Crippen molar-refractivity contribution in [2.24, 2.45) is 11.1 Å². The van der Waals surface area contributed by atoms with Crippen LogP contribution in [0, 0.1) is 5.41 Å². The molecule has 0 radical (unpaired) electrons. The summed E-state index contributed by atoms with van der Waals surface area (Å²) in [5.41, 5.74) is 5.35. The summed E-state index contributed by atoms with van der Waals surface area (Å²) in [6.07, 6.45) is -0.00983. The second kappa shape index (κ2) is 5.70. The van der Waals surface area contributed by atoms with E-state index < -0.39 is 18.0 Å². The molecule has 5 heteroatoms. The molecule has 0 spiro atoms. The molecule has 5 nitrogen and oxygen atoms in total. The van der Waals surface area contributed by atoms with Gasteiger partial charge in [-0.15, -0.1) is 0 Å². The molecule has 1 atom stereocenters. The minimum Gasteiger partial charge on any atom is -0.481 e. The number of carbonyl (C=O) groups is 2. The quantitative estimate of drug-likeness (QED) is 0.664. The summed E-state index contributed by atoms with van der Waals surface area (Å²) < 4.78 is 4.94. The fourth-order valence-electron chi connectivity index (χ4n) is 0.792. The molecule has 3 N–H and O–H groups in total. The largest absolute Gasteiger partial charge is 0.481 e. The van der Waals surface area contributed by atoms with Crippen LogP contribution in [0.15, 0.2) is 0 Å². The number of carbonyl (C=O) groups excluding carboxylic acids is 1. The number of hydrogen-bond donors (Lipinski definition) is 2. The third-order valence-corrected chi connectivity index (χ3v) is 1.62. The zero-order valence-electron chi connectivity index (χ0n) is 9.45. The van der Waals surface area contributed by atoms with E-state index in [-0.39, 0.29) is 24.9 Å². The topological polar surface area (TPSA) is 89.6 Å². The van der Waals surface area contributed by atoms with Crippen molar-refractivity contribution in [3.05, 3.63) is 0 Å². The van der Waals surface area contributed by atoms with Crippen molar-refractivity contribution in [2.45, 2.75) is 39.7 Å². The molecule has 0 saturated carbocycles. The lowest BCUT2D eigenvalue weighted by molar-refractivity contribution is -0.148. The molecule has 0 rings (SSSR count). The average Bonchev–Trinajstić information content (AvgIpc) is 2.08. The second-order valence-corrected chi connectivity index (χ2v) is 4.71. The van der Waals surface area contributed by atoms with Crippen LogP contribution >= 0.6 is 0 Å². The van der Waals surface area contributed by atoms with Gasteiger partial charge in [0, 0.05) is 6.42 Å². The molecule has 0 amide bonds. The number of aliphatic carboxylic acids is 1. The summed E-state index contributed by atoms with van der Waals surface area (Å²) in [4.78, 5) is 21.5. The van der Waals surface area contributed by atoms with Gasteiger partial charge in [-0.25, -0.2) is 0 Å². The SMILES string of the molecule is CC(C)(C)COC(=O)[C@@H](N)CCC(=O)O. The van der Waals surface area contributed by atoms with Crippen molar-refractivity contribution in [3.8, 4) is 0 Å². The van der Waals surface area contributed by atoms with E-state index in [1.165, 1.54) is 0 Å². The highest BCUT2D eigenvalue weighted by atomic mass is 16.5. The van der Waals surface area contributed by atoms with E-state index in [1.54, 1.807) is 0 Å². The number of carboxylic acid groups (broad SMARTS) is 1. The summed E-state index contributed by atoms with van der Waals surface area (Å²) in [6.45, 7) is 6.09. The van der Waals surface area contributed by atoms with E-state index in [2.05, 4.69) is 0 Å². The Morgan fingerprint density at radius 3 is 2.33 bits per heavy atom. The third-order valence-electron chi connectivity index (χ3n) is 1.62. The zero-order valence-corrected chi connectivity index (χ0v) is 9.45. The maximum Gasteiger partial charge on any atom is 0.322 e. The van der Waals surface area contributed by atoms with E-state index in [0.29, 0.717) is 0 Å². The van der Waals surface area contributed by atoms with Crippen molar-refractivity contribution in [3.63, 3.8) is 0 Å². The van der Waals surface area contributed by atoms with Gasteiger partial charge in [0.15, 0.2) is 0 Å². The van der Waals surface area contributed by atoms with Gasteiger partial charge >= 0.3 is 11.9 Å². The van der Waals surface area contributed by atoms with Gasteiger partial charge in [-0.2, -0.15) is 0 Å². The third kappa shape index (κ3) is 7.93. The molecule has 0 aromatic heterocycles. The first-order chi connectivity index (χ1) is 6.72. The zero-order chi connectivity index (χ0) is 12.1. The van der Waals surface area contributed by atoms with Crippen LogP contribution in [-0.2, 0) is 14.3 Å². The molecule has 0 saturated heterocycles. The van der Waals surface area contributed by atoms with Crippen molar-refractivity contribution >= 4 is 11.9 Å². The molecule has 0 aliphatic heterocycles. The molecule has 0 fully saturated rings. The molecule has 88 valence electrons. The fourth-order valence-corrected chi connectivity index (χ4v) is 0.792. The monoisotopic (exact) mass is 217 g/mol. The number of esters is 1. The second-order valence-electron chi connectivity index (χ2n) is 4.71. The first kappa shape index (κ1) is 13.9. The standard InChI is InChI=1S/C10H19NO4/c1-10(2,3)6-15-9(14)7(11)4-5-8(12)13/h7H,4-6,11H2,1-3H3,(H,12,13)/t7-/m0/s1. The highest BCUT2D eigenvalue weighted by Crippen LogP contribution is 2.13. The Morgan fingerprint density at radius 2 is 1.93 bits per heavy atom. The highest BCUT2D eigenvalue weighted by Gasteiger charge is 2.19. The highest BCUT2D eigenvalue weighted by molar-refractivity contribution is 5.76. The molecule has 0 aliphatic rings. The summed E-state index contributed by atoms with van der Waals surface area (Å²) in [5.74, 6) is -1.50. The predicted octanol–water partition coefficient (Wildman–Crippen LogP) is 0.768. The molecule has 15 heavy (non-hydrogen) atoms. The predicted molar refractivity (Wildman–Crippen MR) is 55.3 cm³/mol. The van der Waals surface area contributed by atoms with Crippen molar-refractivity contribution in [1.82, 2.24) is 0 Å². The molecule has 0 aliphatic carbocycles. The van der Waals surface area contributed by atoms with Gasteiger partial charge in [-0.3, -0.25) is 9.59 Å². The molecule has 0 heterocycles. The normalized spacial score (nSPS) is 13.3. The van der Waals surface area contributed by atoms with E-state index in [0.717, 1.165) is 0 Å². The minimum atomic E-state index is -0.964. The number of hydrogen-bond acceptors (Lipinski definition) is 4. The Balaban J connectivity index is 3.84. The molecule has 0 unspecified atom stereocenters.